The van der Waals surface area contributed by atoms with Crippen molar-refractivity contribution in [2.45, 2.75) is 0 Å². The lowest BCUT2D eigenvalue weighted by atomic mass is 10.2. The fraction of sp³-hybridized carbons (Fsp3) is 0.133. The Labute approximate surface area is 133 Å². The molecule has 0 fully saturated rings. The van der Waals surface area contributed by atoms with Gasteiger partial charge in [-0.25, -0.2) is 22.0 Å². The first kappa shape index (κ1) is 17.5. The van der Waals surface area contributed by atoms with Crippen molar-refractivity contribution in [1.29, 1.82) is 0 Å². The highest BCUT2D eigenvalue weighted by atomic mass is 19.2. The maximum absolute atomic E-state index is 13.5. The van der Waals surface area contributed by atoms with Crippen LogP contribution in [-0.2, 0) is 0 Å². The van der Waals surface area contributed by atoms with Gasteiger partial charge in [0.2, 0.25) is 5.82 Å². The van der Waals surface area contributed by atoms with E-state index in [9.17, 15) is 22.0 Å². The van der Waals surface area contributed by atoms with Crippen LogP contribution in [0.4, 0.5) is 27.6 Å². The SMILES string of the molecule is COc1cc(/C=N/Nc2c(F)c(F)c(F)c(F)c2F)cc(OC)c1. The molecule has 2 aromatic rings. The van der Waals surface area contributed by atoms with Crippen molar-refractivity contribution in [1.82, 2.24) is 0 Å². The molecule has 0 heterocycles. The smallest absolute Gasteiger partial charge is 0.200 e. The average Bonchev–Trinajstić information content (AvgIpc) is 2.60. The van der Waals surface area contributed by atoms with Crippen molar-refractivity contribution in [3.63, 3.8) is 0 Å². The van der Waals surface area contributed by atoms with E-state index >= 15 is 0 Å². The van der Waals surface area contributed by atoms with Crippen molar-refractivity contribution in [2.24, 2.45) is 5.10 Å². The van der Waals surface area contributed by atoms with Crippen LogP contribution in [0.25, 0.3) is 0 Å². The molecule has 0 spiro atoms. The zero-order valence-corrected chi connectivity index (χ0v) is 12.5. The Morgan fingerprint density at radius 3 is 1.71 bits per heavy atom. The monoisotopic (exact) mass is 346 g/mol. The molecule has 128 valence electrons. The highest BCUT2D eigenvalue weighted by Gasteiger charge is 2.25. The molecule has 0 radical (unpaired) electrons. The number of methoxy groups -OCH3 is 2. The Hall–Kier alpha value is -2.84. The van der Waals surface area contributed by atoms with Crippen molar-refractivity contribution < 1.29 is 31.4 Å². The fourth-order valence-electron chi connectivity index (χ4n) is 1.78. The first-order chi connectivity index (χ1) is 11.4. The minimum Gasteiger partial charge on any atom is -0.497 e. The number of ether oxygens (including phenoxy) is 2. The van der Waals surface area contributed by atoms with Crippen LogP contribution in [0.1, 0.15) is 5.56 Å². The molecular formula is C15H11F5N2O2. The van der Waals surface area contributed by atoms with Gasteiger partial charge in [-0.05, 0) is 12.1 Å². The summed E-state index contributed by atoms with van der Waals surface area (Å²) in [5, 5.41) is 3.47. The number of hydrogen-bond donors (Lipinski definition) is 1. The topological polar surface area (TPSA) is 42.8 Å². The van der Waals surface area contributed by atoms with Gasteiger partial charge in [-0.3, -0.25) is 5.43 Å². The molecule has 0 atom stereocenters. The Morgan fingerprint density at radius 1 is 0.792 bits per heavy atom. The number of benzene rings is 2. The second-order valence-corrected chi connectivity index (χ2v) is 4.46. The van der Waals surface area contributed by atoms with E-state index < -0.39 is 34.8 Å². The van der Waals surface area contributed by atoms with Gasteiger partial charge in [0.25, 0.3) is 0 Å². The van der Waals surface area contributed by atoms with E-state index in [0.717, 1.165) is 6.21 Å². The molecule has 1 N–H and O–H groups in total. The number of rotatable bonds is 5. The number of hydrogen-bond acceptors (Lipinski definition) is 4. The van der Waals surface area contributed by atoms with E-state index in [1.54, 1.807) is 11.5 Å². The summed E-state index contributed by atoms with van der Waals surface area (Å²) < 4.78 is 76.0. The Balaban J connectivity index is 2.30. The van der Waals surface area contributed by atoms with Crippen LogP contribution in [0, 0.1) is 29.1 Å². The van der Waals surface area contributed by atoms with E-state index in [-0.39, 0.29) is 0 Å². The number of nitrogens with zero attached hydrogens (tertiary/aromatic N) is 1. The number of nitrogens with one attached hydrogen (secondary N) is 1. The van der Waals surface area contributed by atoms with Gasteiger partial charge in [-0.15, -0.1) is 0 Å². The van der Waals surface area contributed by atoms with Crippen LogP contribution in [0.15, 0.2) is 23.3 Å². The van der Waals surface area contributed by atoms with Gasteiger partial charge in [0.1, 0.15) is 17.2 Å². The summed E-state index contributed by atoms with van der Waals surface area (Å²) >= 11 is 0. The van der Waals surface area contributed by atoms with E-state index in [4.69, 9.17) is 9.47 Å². The highest BCUT2D eigenvalue weighted by molar-refractivity contribution is 5.81. The molecule has 9 heteroatoms. The third-order valence-corrected chi connectivity index (χ3v) is 2.97. The molecule has 0 unspecified atom stereocenters. The number of anilines is 1. The summed E-state index contributed by atoms with van der Waals surface area (Å²) in [4.78, 5) is 0. The third-order valence-electron chi connectivity index (χ3n) is 2.97. The van der Waals surface area contributed by atoms with Crippen molar-refractivity contribution in [3.8, 4) is 11.5 Å². The molecule has 24 heavy (non-hydrogen) atoms. The van der Waals surface area contributed by atoms with Crippen LogP contribution >= 0.6 is 0 Å². The summed E-state index contributed by atoms with van der Waals surface area (Å²) in [7, 11) is 2.84. The van der Waals surface area contributed by atoms with Gasteiger partial charge in [0.15, 0.2) is 23.3 Å². The molecule has 0 aliphatic heterocycles. The van der Waals surface area contributed by atoms with Crippen LogP contribution in [0.2, 0.25) is 0 Å². The van der Waals surface area contributed by atoms with E-state index in [1.807, 2.05) is 0 Å². The zero-order chi connectivity index (χ0) is 17.9. The molecule has 0 saturated heterocycles. The Morgan fingerprint density at radius 2 is 1.25 bits per heavy atom. The fourth-order valence-corrected chi connectivity index (χ4v) is 1.78. The molecule has 2 aromatic carbocycles. The normalized spacial score (nSPS) is 11.0. The predicted octanol–water partition coefficient (Wildman–Crippen LogP) is 3.85. The second-order valence-electron chi connectivity index (χ2n) is 4.46. The first-order valence-corrected chi connectivity index (χ1v) is 6.42. The summed E-state index contributed by atoms with van der Waals surface area (Å²) in [5.41, 5.74) is 0.958. The molecule has 0 bridgehead atoms. The van der Waals surface area contributed by atoms with Crippen LogP contribution < -0.4 is 14.9 Å². The average molecular weight is 346 g/mol. The first-order valence-electron chi connectivity index (χ1n) is 6.42. The molecule has 4 nitrogen and oxygen atoms in total. The molecule has 0 amide bonds. The molecule has 0 aromatic heterocycles. The Bertz CT molecular complexity index is 745. The molecule has 0 saturated carbocycles. The molecule has 2 rings (SSSR count). The van der Waals surface area contributed by atoms with Crippen LogP contribution in [-0.4, -0.2) is 20.4 Å². The van der Waals surface area contributed by atoms with Gasteiger partial charge in [0, 0.05) is 11.6 Å². The predicted molar refractivity (Wildman–Crippen MR) is 77.0 cm³/mol. The van der Waals surface area contributed by atoms with Crippen LogP contribution in [0.5, 0.6) is 11.5 Å². The number of hydrazone groups is 1. The third kappa shape index (κ3) is 3.39. The van der Waals surface area contributed by atoms with Gasteiger partial charge in [-0.2, -0.15) is 5.10 Å². The van der Waals surface area contributed by atoms with E-state index in [1.165, 1.54) is 26.4 Å². The lowest BCUT2D eigenvalue weighted by Crippen LogP contribution is -2.06. The maximum atomic E-state index is 13.5. The summed E-state index contributed by atoms with van der Waals surface area (Å²) in [6.45, 7) is 0. The summed E-state index contributed by atoms with van der Waals surface area (Å²) in [6, 6.07) is 4.62. The van der Waals surface area contributed by atoms with E-state index in [0.29, 0.717) is 17.1 Å². The largest absolute Gasteiger partial charge is 0.497 e. The molecule has 0 aliphatic rings. The summed E-state index contributed by atoms with van der Waals surface area (Å²) in [6.07, 6.45) is 1.10. The number of halogens is 5. The van der Waals surface area contributed by atoms with Crippen LogP contribution in [0.3, 0.4) is 0 Å². The van der Waals surface area contributed by atoms with Gasteiger partial charge < -0.3 is 9.47 Å². The van der Waals surface area contributed by atoms with Crippen molar-refractivity contribution in [3.05, 3.63) is 52.8 Å². The lowest BCUT2D eigenvalue weighted by molar-refractivity contribution is 0.381. The zero-order valence-electron chi connectivity index (χ0n) is 12.5. The lowest BCUT2D eigenvalue weighted by Gasteiger charge is -2.07. The molecular weight excluding hydrogens is 335 g/mol. The highest BCUT2D eigenvalue weighted by Crippen LogP contribution is 2.27. The van der Waals surface area contributed by atoms with Gasteiger partial charge in [0.05, 0.1) is 20.4 Å². The van der Waals surface area contributed by atoms with E-state index in [2.05, 4.69) is 5.10 Å². The minimum absolute atomic E-state index is 0.405. The second kappa shape index (κ2) is 7.16. The Kier molecular flexibility index (Phi) is 5.22. The van der Waals surface area contributed by atoms with Crippen molar-refractivity contribution in [2.75, 3.05) is 19.6 Å². The minimum atomic E-state index is -2.24. The van der Waals surface area contributed by atoms with Gasteiger partial charge >= 0.3 is 0 Å². The maximum Gasteiger partial charge on any atom is 0.200 e. The quantitative estimate of drug-likeness (QED) is 0.294. The standard InChI is InChI=1S/C15H11F5N2O2/c1-23-8-3-7(4-9(5-8)24-2)6-21-22-15-13(19)11(17)10(16)12(18)14(15)20/h3-6,22H,1-2H3/b21-6+. The van der Waals surface area contributed by atoms with Gasteiger partial charge in [-0.1, -0.05) is 0 Å². The summed E-state index contributed by atoms with van der Waals surface area (Å²) in [5.74, 6) is -9.53. The molecule has 0 aliphatic carbocycles. The van der Waals surface area contributed by atoms with Crippen molar-refractivity contribution >= 4 is 11.9 Å².